The van der Waals surface area contributed by atoms with E-state index in [1.54, 1.807) is 12.1 Å². The third-order valence-corrected chi connectivity index (χ3v) is 5.35. The molecule has 2 heterocycles. The molecule has 1 aromatic carbocycles. The van der Waals surface area contributed by atoms with Crippen LogP contribution in [-0.2, 0) is 0 Å². The summed E-state index contributed by atoms with van der Waals surface area (Å²) >= 11 is 12.5. The molecule has 0 radical (unpaired) electrons. The Morgan fingerprint density at radius 1 is 1.15 bits per heavy atom. The van der Waals surface area contributed by atoms with Crippen LogP contribution in [0.5, 0.6) is 0 Å². The summed E-state index contributed by atoms with van der Waals surface area (Å²) in [4.78, 5) is 2.55. The van der Waals surface area contributed by atoms with Crippen LogP contribution in [0.2, 0.25) is 10.0 Å². The number of benzene rings is 1. The van der Waals surface area contributed by atoms with E-state index in [-0.39, 0.29) is 0 Å². The van der Waals surface area contributed by atoms with Crippen molar-refractivity contribution in [2.75, 3.05) is 18.1 Å². The van der Waals surface area contributed by atoms with Gasteiger partial charge in [-0.05, 0) is 44.9 Å². The maximum absolute atomic E-state index is 6.27. The van der Waals surface area contributed by atoms with Gasteiger partial charge in [-0.1, -0.05) is 29.6 Å². The molecule has 0 aliphatic carbocycles. The van der Waals surface area contributed by atoms with Crippen LogP contribution in [0.25, 0.3) is 0 Å². The van der Waals surface area contributed by atoms with E-state index in [4.69, 9.17) is 28.9 Å². The Morgan fingerprint density at radius 3 is 2.25 bits per heavy atom. The normalized spacial score (nSPS) is 30.2. The summed E-state index contributed by atoms with van der Waals surface area (Å²) in [7, 11) is 2.26. The van der Waals surface area contributed by atoms with Crippen LogP contribution in [0.15, 0.2) is 12.1 Å². The van der Waals surface area contributed by atoms with Gasteiger partial charge < -0.3 is 16.0 Å². The Labute approximate surface area is 130 Å². The molecule has 2 saturated heterocycles. The highest BCUT2D eigenvalue weighted by atomic mass is 35.5. The fourth-order valence-electron chi connectivity index (χ4n) is 3.67. The molecule has 0 spiro atoms. The van der Waals surface area contributed by atoms with Crippen molar-refractivity contribution in [1.29, 1.82) is 0 Å². The highest BCUT2D eigenvalue weighted by molar-refractivity contribution is 6.39. The van der Waals surface area contributed by atoms with Crippen molar-refractivity contribution in [3.05, 3.63) is 22.2 Å². The molecule has 2 unspecified atom stereocenters. The van der Waals surface area contributed by atoms with E-state index >= 15 is 0 Å². The van der Waals surface area contributed by atoms with Gasteiger partial charge in [-0.25, -0.2) is 0 Å². The number of rotatable bonds is 2. The zero-order valence-corrected chi connectivity index (χ0v) is 13.2. The van der Waals surface area contributed by atoms with Gasteiger partial charge in [-0.3, -0.25) is 0 Å². The topological polar surface area (TPSA) is 41.3 Å². The molecule has 2 bridgehead atoms. The van der Waals surface area contributed by atoms with Gasteiger partial charge in [0.05, 0.1) is 15.7 Å². The average molecular weight is 314 g/mol. The van der Waals surface area contributed by atoms with E-state index < -0.39 is 0 Å². The number of piperidine rings is 2. The summed E-state index contributed by atoms with van der Waals surface area (Å²) < 4.78 is 0. The van der Waals surface area contributed by atoms with Crippen molar-refractivity contribution in [3.8, 4) is 0 Å². The van der Waals surface area contributed by atoms with Crippen molar-refractivity contribution in [1.82, 2.24) is 4.90 Å². The van der Waals surface area contributed by atoms with Gasteiger partial charge in [-0.2, -0.15) is 0 Å². The van der Waals surface area contributed by atoms with Gasteiger partial charge in [0, 0.05) is 23.8 Å². The molecule has 0 aromatic heterocycles. The molecule has 110 valence electrons. The van der Waals surface area contributed by atoms with Gasteiger partial charge in [-0.15, -0.1) is 0 Å². The zero-order valence-electron chi connectivity index (χ0n) is 11.7. The molecule has 3 N–H and O–H groups in total. The first kappa shape index (κ1) is 14.3. The maximum Gasteiger partial charge on any atom is 0.0722 e. The number of hydrogen-bond donors (Lipinski definition) is 2. The first-order valence-corrected chi connectivity index (χ1v) is 8.03. The number of anilines is 2. The van der Waals surface area contributed by atoms with Gasteiger partial charge in [0.15, 0.2) is 0 Å². The lowest BCUT2D eigenvalue weighted by atomic mass is 9.82. The molecule has 1 aromatic rings. The fraction of sp³-hybridized carbons (Fsp3) is 0.600. The monoisotopic (exact) mass is 313 g/mol. The van der Waals surface area contributed by atoms with E-state index in [0.717, 1.165) is 18.5 Å². The second-order valence-electron chi connectivity index (χ2n) is 6.08. The molecule has 2 aliphatic rings. The minimum Gasteiger partial charge on any atom is -0.399 e. The molecule has 2 atom stereocenters. The molecule has 2 aliphatic heterocycles. The van der Waals surface area contributed by atoms with Crippen LogP contribution in [0.4, 0.5) is 11.4 Å². The Kier molecular flexibility index (Phi) is 4.02. The molecule has 3 nitrogen and oxygen atoms in total. The molecule has 0 amide bonds. The highest BCUT2D eigenvalue weighted by Gasteiger charge is 2.36. The Morgan fingerprint density at radius 2 is 1.70 bits per heavy atom. The first-order valence-electron chi connectivity index (χ1n) is 7.27. The molecular formula is C15H21Cl2N3. The van der Waals surface area contributed by atoms with Crippen molar-refractivity contribution in [3.63, 3.8) is 0 Å². The van der Waals surface area contributed by atoms with Gasteiger partial charge in [0.25, 0.3) is 0 Å². The maximum atomic E-state index is 6.27. The van der Waals surface area contributed by atoms with Crippen molar-refractivity contribution in [2.24, 2.45) is 0 Å². The number of halogens is 2. The van der Waals surface area contributed by atoms with Crippen LogP contribution in [0, 0.1) is 0 Å². The number of nitrogens with one attached hydrogen (secondary N) is 1. The van der Waals surface area contributed by atoms with Gasteiger partial charge in [0.1, 0.15) is 0 Å². The minimum atomic E-state index is 0.445. The summed E-state index contributed by atoms with van der Waals surface area (Å²) in [6.07, 6.45) is 6.27. The smallest absolute Gasteiger partial charge is 0.0722 e. The average Bonchev–Trinajstić information content (AvgIpc) is 2.34. The Hall–Kier alpha value is -0.640. The molecule has 0 saturated carbocycles. The number of nitrogens with zero attached hydrogens (tertiary/aromatic N) is 1. The molecule has 20 heavy (non-hydrogen) atoms. The van der Waals surface area contributed by atoms with E-state index in [1.165, 1.54) is 19.3 Å². The summed E-state index contributed by atoms with van der Waals surface area (Å²) in [6.45, 7) is 0. The lowest BCUT2D eigenvalue weighted by molar-refractivity contribution is 0.0608. The number of fused-ring (bicyclic) bond motifs is 2. The number of hydrogen-bond acceptors (Lipinski definition) is 3. The van der Waals surface area contributed by atoms with Gasteiger partial charge in [0.2, 0.25) is 0 Å². The summed E-state index contributed by atoms with van der Waals surface area (Å²) in [5.74, 6) is 0. The minimum absolute atomic E-state index is 0.445. The molecular weight excluding hydrogens is 293 g/mol. The van der Waals surface area contributed by atoms with E-state index in [0.29, 0.717) is 33.9 Å². The SMILES string of the molecule is CN1C2CCCC1CC(Nc1c(Cl)cc(N)cc1Cl)C2. The van der Waals surface area contributed by atoms with E-state index in [2.05, 4.69) is 17.3 Å². The quantitative estimate of drug-likeness (QED) is 0.811. The zero-order chi connectivity index (χ0) is 14.3. The second-order valence-corrected chi connectivity index (χ2v) is 6.89. The van der Waals surface area contributed by atoms with E-state index in [9.17, 15) is 0 Å². The highest BCUT2D eigenvalue weighted by Crippen LogP contribution is 2.38. The summed E-state index contributed by atoms with van der Waals surface area (Å²) in [5, 5.41) is 4.77. The lowest BCUT2D eigenvalue weighted by Crippen LogP contribution is -2.52. The number of nitrogen functional groups attached to an aromatic ring is 1. The Balaban J connectivity index is 1.76. The predicted molar refractivity (Wildman–Crippen MR) is 86.7 cm³/mol. The van der Waals surface area contributed by atoms with Crippen LogP contribution < -0.4 is 11.1 Å². The fourth-order valence-corrected chi connectivity index (χ4v) is 4.28. The van der Waals surface area contributed by atoms with Crippen LogP contribution in [0.3, 0.4) is 0 Å². The lowest BCUT2D eigenvalue weighted by Gasteiger charge is -2.47. The number of nitrogens with two attached hydrogens (primary N) is 1. The molecule has 5 heteroatoms. The third kappa shape index (κ3) is 2.72. The predicted octanol–water partition coefficient (Wildman–Crippen LogP) is 4.00. The van der Waals surface area contributed by atoms with Crippen molar-refractivity contribution < 1.29 is 0 Å². The summed E-state index contributed by atoms with van der Waals surface area (Å²) in [6, 6.07) is 5.33. The molecule has 3 rings (SSSR count). The first-order chi connectivity index (χ1) is 9.54. The van der Waals surface area contributed by atoms with E-state index in [1.807, 2.05) is 0 Å². The van der Waals surface area contributed by atoms with Crippen LogP contribution in [-0.4, -0.2) is 30.1 Å². The second kappa shape index (κ2) is 5.63. The van der Waals surface area contributed by atoms with Crippen molar-refractivity contribution >= 4 is 34.6 Å². The van der Waals surface area contributed by atoms with Crippen molar-refractivity contribution in [2.45, 2.75) is 50.2 Å². The largest absolute Gasteiger partial charge is 0.399 e. The van der Waals surface area contributed by atoms with Gasteiger partial charge >= 0.3 is 0 Å². The standard InChI is InChI=1S/C15H21Cl2N3/c1-20-11-3-2-4-12(20)8-10(7-11)19-15-13(16)5-9(18)6-14(15)17/h5-6,10-12,19H,2-4,7-8,18H2,1H3. The molecule has 2 fully saturated rings. The summed E-state index contributed by atoms with van der Waals surface area (Å²) in [5.41, 5.74) is 7.18. The van der Waals surface area contributed by atoms with Crippen LogP contribution >= 0.6 is 23.2 Å². The van der Waals surface area contributed by atoms with Crippen LogP contribution in [0.1, 0.15) is 32.1 Å². The third-order valence-electron chi connectivity index (χ3n) is 4.75. The Bertz CT molecular complexity index is 469.